The molecule has 0 bridgehead atoms. The van der Waals surface area contributed by atoms with Crippen molar-refractivity contribution in [3.8, 4) is 5.75 Å². The van der Waals surface area contributed by atoms with Crippen LogP contribution in [0.1, 0.15) is 23.7 Å². The summed E-state index contributed by atoms with van der Waals surface area (Å²) >= 11 is 6.14. The van der Waals surface area contributed by atoms with E-state index < -0.39 is 0 Å². The molecule has 0 saturated carbocycles. The van der Waals surface area contributed by atoms with E-state index in [-0.39, 0.29) is 12.4 Å². The normalized spacial score (nSPS) is 10.9. The second-order valence-electron chi connectivity index (χ2n) is 6.12. The van der Waals surface area contributed by atoms with Crippen molar-refractivity contribution in [2.75, 3.05) is 13.7 Å². The Bertz CT molecular complexity index is 946. The lowest BCUT2D eigenvalue weighted by Crippen LogP contribution is -2.09. The minimum atomic E-state index is -0.233. The van der Waals surface area contributed by atoms with E-state index in [0.29, 0.717) is 18.2 Å². The molecule has 0 spiro atoms. The molecule has 2 aromatic carbocycles. The highest BCUT2D eigenvalue weighted by molar-refractivity contribution is 6.30. The maximum atomic E-state index is 12.1. The first-order valence-electron chi connectivity index (χ1n) is 8.59. The van der Waals surface area contributed by atoms with Gasteiger partial charge in [-0.2, -0.15) is 0 Å². The summed E-state index contributed by atoms with van der Waals surface area (Å²) in [4.78, 5) is 12.1. The van der Waals surface area contributed by atoms with Crippen molar-refractivity contribution in [1.82, 2.24) is 4.57 Å². The Morgan fingerprint density at radius 1 is 1.19 bits per heavy atom. The average molecular weight is 372 g/mol. The maximum Gasteiger partial charge on any atom is 0.310 e. The van der Waals surface area contributed by atoms with E-state index in [0.717, 1.165) is 33.5 Å². The topological polar surface area (TPSA) is 40.5 Å². The molecule has 5 heteroatoms. The van der Waals surface area contributed by atoms with Gasteiger partial charge in [-0.05, 0) is 49.2 Å². The van der Waals surface area contributed by atoms with Gasteiger partial charge in [-0.1, -0.05) is 29.8 Å². The van der Waals surface area contributed by atoms with Crippen LogP contribution in [0.3, 0.4) is 0 Å². The highest BCUT2D eigenvalue weighted by Crippen LogP contribution is 2.34. The third-order valence-electron chi connectivity index (χ3n) is 4.51. The zero-order valence-corrected chi connectivity index (χ0v) is 16.0. The smallest absolute Gasteiger partial charge is 0.310 e. The molecule has 0 aliphatic rings. The van der Waals surface area contributed by atoms with Crippen LogP contribution in [0, 0.1) is 6.92 Å². The van der Waals surface area contributed by atoms with Gasteiger partial charge < -0.3 is 14.0 Å². The lowest BCUT2D eigenvalue weighted by atomic mass is 10.1. The van der Waals surface area contributed by atoms with Gasteiger partial charge in [0.25, 0.3) is 0 Å². The zero-order valence-electron chi connectivity index (χ0n) is 15.2. The van der Waals surface area contributed by atoms with Crippen LogP contribution in [0.5, 0.6) is 5.75 Å². The largest absolute Gasteiger partial charge is 0.496 e. The predicted octanol–water partition coefficient (Wildman–Crippen LogP) is 4.77. The van der Waals surface area contributed by atoms with E-state index in [1.54, 1.807) is 7.11 Å². The van der Waals surface area contributed by atoms with Crippen LogP contribution >= 0.6 is 11.6 Å². The Morgan fingerprint density at radius 2 is 1.96 bits per heavy atom. The first-order chi connectivity index (χ1) is 12.5. The van der Waals surface area contributed by atoms with Gasteiger partial charge in [-0.25, -0.2) is 0 Å². The number of esters is 1. The molecule has 1 heterocycles. The second kappa shape index (κ2) is 7.83. The number of methoxy groups -OCH3 is 1. The number of halogens is 1. The van der Waals surface area contributed by atoms with Gasteiger partial charge >= 0.3 is 5.97 Å². The van der Waals surface area contributed by atoms with Gasteiger partial charge in [0, 0.05) is 22.6 Å². The van der Waals surface area contributed by atoms with Crippen LogP contribution in [-0.4, -0.2) is 24.3 Å². The third-order valence-corrected chi connectivity index (χ3v) is 4.75. The molecule has 3 rings (SSSR count). The van der Waals surface area contributed by atoms with Gasteiger partial charge in [0.2, 0.25) is 0 Å². The van der Waals surface area contributed by atoms with E-state index in [1.165, 1.54) is 0 Å². The number of carbonyl (C=O) groups excluding carboxylic acids is 1. The van der Waals surface area contributed by atoms with E-state index >= 15 is 0 Å². The molecule has 1 aromatic heterocycles. The Balaban J connectivity index is 2.14. The van der Waals surface area contributed by atoms with Gasteiger partial charge in [0.15, 0.2) is 0 Å². The lowest BCUT2D eigenvalue weighted by molar-refractivity contribution is -0.142. The van der Waals surface area contributed by atoms with Crippen LogP contribution < -0.4 is 4.74 Å². The van der Waals surface area contributed by atoms with Gasteiger partial charge in [-0.15, -0.1) is 0 Å². The summed E-state index contributed by atoms with van der Waals surface area (Å²) in [5.74, 6) is 0.526. The molecule has 3 aromatic rings. The monoisotopic (exact) mass is 371 g/mol. The minimum Gasteiger partial charge on any atom is -0.496 e. The van der Waals surface area contributed by atoms with E-state index in [9.17, 15) is 4.79 Å². The fraction of sp³-hybridized carbons (Fsp3) is 0.286. The first kappa shape index (κ1) is 18.3. The fourth-order valence-electron chi connectivity index (χ4n) is 3.34. The molecule has 26 heavy (non-hydrogen) atoms. The highest BCUT2D eigenvalue weighted by Gasteiger charge is 2.20. The average Bonchev–Trinajstić information content (AvgIpc) is 2.88. The van der Waals surface area contributed by atoms with Crippen molar-refractivity contribution in [3.63, 3.8) is 0 Å². The Morgan fingerprint density at radius 3 is 2.65 bits per heavy atom. The van der Waals surface area contributed by atoms with Crippen molar-refractivity contribution in [3.05, 3.63) is 64.3 Å². The number of benzene rings is 2. The molecular weight excluding hydrogens is 350 g/mol. The van der Waals surface area contributed by atoms with Crippen molar-refractivity contribution >= 4 is 28.5 Å². The van der Waals surface area contributed by atoms with Crippen molar-refractivity contribution in [2.45, 2.75) is 26.8 Å². The minimum absolute atomic E-state index is 0.221. The van der Waals surface area contributed by atoms with Crippen LogP contribution in [0.25, 0.3) is 10.9 Å². The lowest BCUT2D eigenvalue weighted by Gasteiger charge is -2.10. The summed E-state index contributed by atoms with van der Waals surface area (Å²) in [6, 6.07) is 13.7. The summed E-state index contributed by atoms with van der Waals surface area (Å²) in [6.07, 6.45) is 0.221. The molecule has 0 saturated heterocycles. The summed E-state index contributed by atoms with van der Waals surface area (Å²) in [6.45, 7) is 4.88. The predicted molar refractivity (Wildman–Crippen MR) is 104 cm³/mol. The van der Waals surface area contributed by atoms with E-state index in [4.69, 9.17) is 21.1 Å². The van der Waals surface area contributed by atoms with Gasteiger partial charge in [-0.3, -0.25) is 4.79 Å². The standard InChI is InChI=1S/C21H22ClNO3/c1-4-26-20(24)12-17-14(2)23(13-15-7-5-8-16(22)11-15)18-9-6-10-19(25-3)21(17)18/h5-11H,4,12-13H2,1-3H3. The molecule has 136 valence electrons. The highest BCUT2D eigenvalue weighted by atomic mass is 35.5. The molecule has 0 amide bonds. The van der Waals surface area contributed by atoms with Crippen LogP contribution in [0.2, 0.25) is 5.02 Å². The number of nitrogens with zero attached hydrogens (tertiary/aromatic N) is 1. The molecule has 0 fully saturated rings. The summed E-state index contributed by atoms with van der Waals surface area (Å²) in [7, 11) is 1.65. The molecule has 0 aliphatic heterocycles. The van der Waals surface area contributed by atoms with Gasteiger partial charge in [0.1, 0.15) is 5.75 Å². The van der Waals surface area contributed by atoms with Crippen LogP contribution in [-0.2, 0) is 22.5 Å². The number of ether oxygens (including phenoxy) is 2. The molecule has 0 radical (unpaired) electrons. The Hall–Kier alpha value is -2.46. The number of aromatic nitrogens is 1. The summed E-state index contributed by atoms with van der Waals surface area (Å²) in [5.41, 5.74) is 4.10. The number of rotatable bonds is 6. The van der Waals surface area contributed by atoms with Crippen molar-refractivity contribution in [2.24, 2.45) is 0 Å². The summed E-state index contributed by atoms with van der Waals surface area (Å²) in [5, 5.41) is 1.67. The quantitative estimate of drug-likeness (QED) is 0.586. The van der Waals surface area contributed by atoms with Crippen LogP contribution in [0.15, 0.2) is 42.5 Å². The van der Waals surface area contributed by atoms with Gasteiger partial charge in [0.05, 0.1) is 25.7 Å². The van der Waals surface area contributed by atoms with Crippen LogP contribution in [0.4, 0.5) is 0 Å². The molecule has 0 atom stereocenters. The molecule has 0 N–H and O–H groups in total. The molecular formula is C21H22ClNO3. The maximum absolute atomic E-state index is 12.1. The Labute approximate surface area is 158 Å². The Kier molecular flexibility index (Phi) is 5.52. The first-order valence-corrected chi connectivity index (χ1v) is 8.97. The van der Waals surface area contributed by atoms with E-state index in [1.807, 2.05) is 56.3 Å². The van der Waals surface area contributed by atoms with E-state index in [2.05, 4.69) is 4.57 Å². The number of hydrogen-bond donors (Lipinski definition) is 0. The summed E-state index contributed by atoms with van der Waals surface area (Å²) < 4.78 is 12.9. The fourth-order valence-corrected chi connectivity index (χ4v) is 3.55. The zero-order chi connectivity index (χ0) is 18.7. The molecule has 0 unspecified atom stereocenters. The second-order valence-corrected chi connectivity index (χ2v) is 6.55. The molecule has 4 nitrogen and oxygen atoms in total. The number of fused-ring (bicyclic) bond motifs is 1. The number of carbonyl (C=O) groups is 1. The SMILES string of the molecule is CCOC(=O)Cc1c(C)n(Cc2cccc(Cl)c2)c2cccc(OC)c12. The third kappa shape index (κ3) is 3.56. The molecule has 0 aliphatic carbocycles. The number of hydrogen-bond acceptors (Lipinski definition) is 3. The van der Waals surface area contributed by atoms with Crippen molar-refractivity contribution in [1.29, 1.82) is 0 Å². The van der Waals surface area contributed by atoms with Crippen molar-refractivity contribution < 1.29 is 14.3 Å².